The molecular weight excluding hydrogens is 306 g/mol. The van der Waals surface area contributed by atoms with Crippen LogP contribution in [0.1, 0.15) is 43.6 Å². The predicted octanol–water partition coefficient (Wildman–Crippen LogP) is 3.50. The number of nitrogens with one attached hydrogen (secondary N) is 2. The van der Waals surface area contributed by atoms with Crippen LogP contribution in [0.3, 0.4) is 0 Å². The normalized spacial score (nSPS) is 14.7. The maximum absolute atomic E-state index is 12.3. The van der Waals surface area contributed by atoms with E-state index in [2.05, 4.69) is 15.5 Å². The number of amides is 1. The van der Waals surface area contributed by atoms with Gasteiger partial charge in [0, 0.05) is 35.9 Å². The minimum atomic E-state index is -0.587. The molecule has 0 bridgehead atoms. The molecule has 3 rings (SSSR count). The lowest BCUT2D eigenvalue weighted by molar-refractivity contribution is -0.115. The smallest absolute Gasteiger partial charge is 0.251 e. The van der Waals surface area contributed by atoms with E-state index in [0.717, 1.165) is 35.5 Å². The van der Waals surface area contributed by atoms with Gasteiger partial charge in [0.25, 0.3) is 5.79 Å². The summed E-state index contributed by atoms with van der Waals surface area (Å²) in [6.45, 7) is 7.88. The van der Waals surface area contributed by atoms with Gasteiger partial charge in [0.15, 0.2) is 11.5 Å². The van der Waals surface area contributed by atoms with Crippen molar-refractivity contribution in [3.8, 4) is 11.5 Å². The Morgan fingerprint density at radius 3 is 2.54 bits per heavy atom. The second-order valence-electron chi connectivity index (χ2n) is 6.12. The Morgan fingerprint density at radius 1 is 1.21 bits per heavy atom. The third-order valence-corrected chi connectivity index (χ3v) is 4.51. The minimum Gasteiger partial charge on any atom is -0.448 e. The Morgan fingerprint density at radius 2 is 1.92 bits per heavy atom. The lowest BCUT2D eigenvalue weighted by atomic mass is 10.1. The molecular formula is C18H23N3O3. The molecule has 128 valence electrons. The van der Waals surface area contributed by atoms with E-state index in [4.69, 9.17) is 9.47 Å². The molecule has 0 unspecified atom stereocenters. The molecule has 0 saturated carbocycles. The number of fused-ring (bicyclic) bond motifs is 1. The number of ether oxygens (including phenoxy) is 2. The zero-order chi connectivity index (χ0) is 17.3. The summed E-state index contributed by atoms with van der Waals surface area (Å²) >= 11 is 0. The quantitative estimate of drug-likeness (QED) is 0.880. The SMILES string of the molecule is CCC1(CC)Oc2ccc(NC(=O)Cc3c(C)n[nH]c3C)cc2O1. The van der Waals surface area contributed by atoms with Gasteiger partial charge in [-0.2, -0.15) is 5.10 Å². The van der Waals surface area contributed by atoms with E-state index in [1.54, 1.807) is 0 Å². The van der Waals surface area contributed by atoms with Gasteiger partial charge in [0.2, 0.25) is 5.91 Å². The highest BCUT2D eigenvalue weighted by molar-refractivity contribution is 5.92. The average molecular weight is 329 g/mol. The number of benzene rings is 1. The summed E-state index contributed by atoms with van der Waals surface area (Å²) < 4.78 is 11.9. The summed E-state index contributed by atoms with van der Waals surface area (Å²) in [5.41, 5.74) is 3.40. The molecule has 2 heterocycles. The number of H-pyrrole nitrogens is 1. The van der Waals surface area contributed by atoms with E-state index in [1.165, 1.54) is 0 Å². The molecule has 0 fully saturated rings. The maximum Gasteiger partial charge on any atom is 0.251 e. The molecule has 0 saturated heterocycles. The highest BCUT2D eigenvalue weighted by Gasteiger charge is 2.38. The number of anilines is 1. The Balaban J connectivity index is 1.71. The van der Waals surface area contributed by atoms with Gasteiger partial charge in [-0.15, -0.1) is 0 Å². The molecule has 1 aromatic heterocycles. The fraction of sp³-hybridized carbons (Fsp3) is 0.444. The van der Waals surface area contributed by atoms with E-state index in [-0.39, 0.29) is 12.3 Å². The highest BCUT2D eigenvalue weighted by Crippen LogP contribution is 2.43. The number of aromatic amines is 1. The molecule has 1 aromatic carbocycles. The van der Waals surface area contributed by atoms with Crippen LogP contribution in [0.25, 0.3) is 0 Å². The second-order valence-corrected chi connectivity index (χ2v) is 6.12. The third-order valence-electron chi connectivity index (χ3n) is 4.51. The molecule has 2 N–H and O–H groups in total. The number of aromatic nitrogens is 2. The average Bonchev–Trinajstić information content (AvgIpc) is 3.09. The highest BCUT2D eigenvalue weighted by atomic mass is 16.7. The maximum atomic E-state index is 12.3. The first kappa shape index (κ1) is 16.4. The van der Waals surface area contributed by atoms with Gasteiger partial charge in [-0.25, -0.2) is 0 Å². The van der Waals surface area contributed by atoms with E-state index < -0.39 is 5.79 Å². The van der Waals surface area contributed by atoms with Crippen LogP contribution < -0.4 is 14.8 Å². The molecule has 0 aliphatic carbocycles. The van der Waals surface area contributed by atoms with Gasteiger partial charge in [-0.1, -0.05) is 13.8 Å². The number of carbonyl (C=O) groups is 1. The van der Waals surface area contributed by atoms with Crippen molar-refractivity contribution in [2.24, 2.45) is 0 Å². The molecule has 1 aliphatic heterocycles. The zero-order valence-electron chi connectivity index (χ0n) is 14.5. The van der Waals surface area contributed by atoms with Crippen LogP contribution in [-0.2, 0) is 11.2 Å². The Labute approximate surface area is 141 Å². The molecule has 2 aromatic rings. The Kier molecular flexibility index (Phi) is 4.22. The summed E-state index contributed by atoms with van der Waals surface area (Å²) in [5, 5.41) is 9.92. The fourth-order valence-electron chi connectivity index (χ4n) is 2.91. The van der Waals surface area contributed by atoms with E-state index in [9.17, 15) is 4.79 Å². The first-order valence-corrected chi connectivity index (χ1v) is 8.28. The zero-order valence-corrected chi connectivity index (χ0v) is 14.5. The van der Waals surface area contributed by atoms with Gasteiger partial charge in [-0.3, -0.25) is 9.89 Å². The molecule has 1 aliphatic rings. The monoisotopic (exact) mass is 329 g/mol. The van der Waals surface area contributed by atoms with Crippen molar-refractivity contribution < 1.29 is 14.3 Å². The summed E-state index contributed by atoms with van der Waals surface area (Å²) in [6.07, 6.45) is 1.81. The first-order valence-electron chi connectivity index (χ1n) is 8.28. The summed E-state index contributed by atoms with van der Waals surface area (Å²) in [4.78, 5) is 12.3. The van der Waals surface area contributed by atoms with Crippen molar-refractivity contribution in [2.45, 2.75) is 52.7 Å². The van der Waals surface area contributed by atoms with Gasteiger partial charge in [0.05, 0.1) is 12.1 Å². The van der Waals surface area contributed by atoms with Gasteiger partial charge in [0.1, 0.15) is 0 Å². The molecule has 6 nitrogen and oxygen atoms in total. The van der Waals surface area contributed by atoms with Crippen LogP contribution in [0.5, 0.6) is 11.5 Å². The number of hydrogen-bond donors (Lipinski definition) is 2. The third kappa shape index (κ3) is 2.96. The van der Waals surface area contributed by atoms with Crippen LogP contribution >= 0.6 is 0 Å². The van der Waals surface area contributed by atoms with Crippen molar-refractivity contribution in [2.75, 3.05) is 5.32 Å². The number of rotatable bonds is 5. The Bertz CT molecular complexity index is 743. The molecule has 0 atom stereocenters. The number of nitrogens with zero attached hydrogens (tertiary/aromatic N) is 1. The van der Waals surface area contributed by atoms with Crippen LogP contribution in [-0.4, -0.2) is 21.9 Å². The van der Waals surface area contributed by atoms with Crippen LogP contribution in [0.4, 0.5) is 5.69 Å². The largest absolute Gasteiger partial charge is 0.448 e. The Hall–Kier alpha value is -2.50. The van der Waals surface area contributed by atoms with E-state index >= 15 is 0 Å². The van der Waals surface area contributed by atoms with Crippen molar-refractivity contribution in [1.29, 1.82) is 0 Å². The van der Waals surface area contributed by atoms with Crippen LogP contribution in [0, 0.1) is 13.8 Å². The fourth-order valence-corrected chi connectivity index (χ4v) is 2.91. The van der Waals surface area contributed by atoms with Crippen molar-refractivity contribution in [3.63, 3.8) is 0 Å². The van der Waals surface area contributed by atoms with Crippen LogP contribution in [0.2, 0.25) is 0 Å². The second kappa shape index (κ2) is 6.19. The number of carbonyl (C=O) groups excluding carboxylic acids is 1. The first-order chi connectivity index (χ1) is 11.5. The van der Waals surface area contributed by atoms with Crippen molar-refractivity contribution in [3.05, 3.63) is 35.2 Å². The lowest BCUT2D eigenvalue weighted by Crippen LogP contribution is -2.36. The molecule has 0 spiro atoms. The van der Waals surface area contributed by atoms with Crippen LogP contribution in [0.15, 0.2) is 18.2 Å². The van der Waals surface area contributed by atoms with Gasteiger partial charge >= 0.3 is 0 Å². The number of aryl methyl sites for hydroxylation is 2. The van der Waals surface area contributed by atoms with E-state index in [0.29, 0.717) is 11.4 Å². The minimum absolute atomic E-state index is 0.0845. The predicted molar refractivity (Wildman–Crippen MR) is 91.4 cm³/mol. The summed E-state index contributed by atoms with van der Waals surface area (Å²) in [7, 11) is 0. The molecule has 0 radical (unpaired) electrons. The lowest BCUT2D eigenvalue weighted by Gasteiger charge is -2.24. The summed E-state index contributed by atoms with van der Waals surface area (Å²) in [6, 6.07) is 5.48. The number of hydrogen-bond acceptors (Lipinski definition) is 4. The standard InChI is InChI=1S/C18H23N3O3/c1-5-18(6-2)23-15-8-7-13(9-16(15)24-18)19-17(22)10-14-11(3)20-21-12(14)4/h7-9H,5-6,10H2,1-4H3,(H,19,22)(H,20,21). The molecule has 1 amide bonds. The summed E-state index contributed by atoms with van der Waals surface area (Å²) in [5.74, 6) is 0.722. The topological polar surface area (TPSA) is 76.2 Å². The van der Waals surface area contributed by atoms with Gasteiger partial charge < -0.3 is 14.8 Å². The van der Waals surface area contributed by atoms with E-state index in [1.807, 2.05) is 45.9 Å². The van der Waals surface area contributed by atoms with Gasteiger partial charge in [-0.05, 0) is 26.0 Å². The van der Waals surface area contributed by atoms with Crippen molar-refractivity contribution >= 4 is 11.6 Å². The van der Waals surface area contributed by atoms with Crippen molar-refractivity contribution in [1.82, 2.24) is 10.2 Å². The molecule has 6 heteroatoms. The molecule has 24 heavy (non-hydrogen) atoms.